The van der Waals surface area contributed by atoms with Crippen LogP contribution in [0.15, 0.2) is 0 Å². The second-order valence-corrected chi connectivity index (χ2v) is 7.47. The molecule has 0 aliphatic carbocycles. The van der Waals surface area contributed by atoms with Gasteiger partial charge in [0.15, 0.2) is 0 Å². The van der Waals surface area contributed by atoms with Crippen LogP contribution in [0.25, 0.3) is 0 Å². The molecule has 0 spiro atoms. The van der Waals surface area contributed by atoms with Gasteiger partial charge in [0.1, 0.15) is 11.8 Å². The number of hydrogen-bond donors (Lipinski definition) is 3. The molecule has 0 fully saturated rings. The van der Waals surface area contributed by atoms with Crippen LogP contribution in [0.4, 0.5) is 0 Å². The number of carbonyl (C=O) groups is 4. The zero-order chi connectivity index (χ0) is 23.1. The third-order valence-electron chi connectivity index (χ3n) is 4.70. The van der Waals surface area contributed by atoms with Gasteiger partial charge in [0.2, 0.25) is 0 Å². The van der Waals surface area contributed by atoms with Gasteiger partial charge in [-0.05, 0) is 39.3 Å². The monoisotopic (exact) mass is 431 g/mol. The Bertz CT molecular complexity index is 527. The first kappa shape index (κ1) is 28.0. The van der Waals surface area contributed by atoms with Crippen LogP contribution < -0.4 is 0 Å². The Labute approximate surface area is 178 Å². The quantitative estimate of drug-likeness (QED) is 0.268. The zero-order valence-corrected chi connectivity index (χ0v) is 18.4. The number of carboxylic acid groups (broad SMARTS) is 3. The van der Waals surface area contributed by atoms with E-state index in [4.69, 9.17) is 10.2 Å². The lowest BCUT2D eigenvalue weighted by Crippen LogP contribution is -2.49. The Kier molecular flexibility index (Phi) is 14.7. The van der Waals surface area contributed by atoms with Crippen LogP contribution in [-0.2, 0) is 19.2 Å². The van der Waals surface area contributed by atoms with Crippen molar-refractivity contribution in [3.8, 4) is 0 Å². The molecule has 0 radical (unpaired) electrons. The SMILES string of the molecule is CCCN(CCN(CCN(CCC)CC(=O)O)C(CCC(C)=O)C(=O)O)CC(=O)O. The van der Waals surface area contributed by atoms with Crippen LogP contribution in [-0.4, -0.2) is 112 Å². The average Bonchev–Trinajstić information content (AvgIpc) is 2.61. The van der Waals surface area contributed by atoms with Gasteiger partial charge in [-0.25, -0.2) is 0 Å². The fraction of sp³-hybridized carbons (Fsp3) is 0.800. The number of Topliss-reactive ketones (excluding diaryl/α,β-unsaturated/α-hetero) is 1. The second-order valence-electron chi connectivity index (χ2n) is 7.47. The van der Waals surface area contributed by atoms with Crippen LogP contribution in [0.1, 0.15) is 46.5 Å². The van der Waals surface area contributed by atoms with E-state index in [1.807, 2.05) is 13.8 Å². The van der Waals surface area contributed by atoms with E-state index >= 15 is 0 Å². The maximum atomic E-state index is 11.9. The Hall–Kier alpha value is -2.04. The highest BCUT2D eigenvalue weighted by Crippen LogP contribution is 2.10. The van der Waals surface area contributed by atoms with Crippen LogP contribution in [0.3, 0.4) is 0 Å². The molecule has 30 heavy (non-hydrogen) atoms. The lowest BCUT2D eigenvalue weighted by molar-refractivity contribution is -0.145. The summed E-state index contributed by atoms with van der Waals surface area (Å²) >= 11 is 0. The smallest absolute Gasteiger partial charge is 0.320 e. The number of ketones is 1. The highest BCUT2D eigenvalue weighted by Gasteiger charge is 2.27. The first-order valence-electron chi connectivity index (χ1n) is 10.4. The summed E-state index contributed by atoms with van der Waals surface area (Å²) in [5, 5.41) is 27.9. The largest absolute Gasteiger partial charge is 0.480 e. The van der Waals surface area contributed by atoms with Crippen molar-refractivity contribution in [2.45, 2.75) is 52.5 Å². The van der Waals surface area contributed by atoms with Gasteiger partial charge < -0.3 is 20.1 Å². The van der Waals surface area contributed by atoms with Crippen LogP contribution in [0.5, 0.6) is 0 Å². The first-order valence-corrected chi connectivity index (χ1v) is 10.4. The van der Waals surface area contributed by atoms with Crippen LogP contribution >= 0.6 is 0 Å². The summed E-state index contributed by atoms with van der Waals surface area (Å²) < 4.78 is 0. The zero-order valence-electron chi connectivity index (χ0n) is 18.4. The summed E-state index contributed by atoms with van der Waals surface area (Å²) in [6.07, 6.45) is 1.82. The van der Waals surface area contributed by atoms with Crippen molar-refractivity contribution in [1.29, 1.82) is 0 Å². The van der Waals surface area contributed by atoms with Crippen molar-refractivity contribution in [2.24, 2.45) is 0 Å². The third kappa shape index (κ3) is 13.2. The number of aliphatic carboxylic acids is 3. The molecule has 0 aliphatic heterocycles. The number of carbonyl (C=O) groups excluding carboxylic acids is 1. The van der Waals surface area contributed by atoms with Gasteiger partial charge in [-0.15, -0.1) is 0 Å². The molecule has 1 unspecified atom stereocenters. The maximum absolute atomic E-state index is 11.9. The average molecular weight is 432 g/mol. The fourth-order valence-corrected chi connectivity index (χ4v) is 3.32. The predicted octanol–water partition coefficient (Wildman–Crippen LogP) is 0.704. The summed E-state index contributed by atoms with van der Waals surface area (Å²) in [5.74, 6) is -3.04. The molecule has 0 aromatic heterocycles. The van der Waals surface area contributed by atoms with Crippen molar-refractivity contribution in [3.63, 3.8) is 0 Å². The van der Waals surface area contributed by atoms with Gasteiger partial charge >= 0.3 is 17.9 Å². The number of nitrogens with zero attached hydrogens (tertiary/aromatic N) is 3. The predicted molar refractivity (Wildman–Crippen MR) is 112 cm³/mol. The minimum Gasteiger partial charge on any atom is -0.480 e. The Morgan fingerprint density at radius 3 is 1.47 bits per heavy atom. The number of carboxylic acids is 3. The first-order chi connectivity index (χ1) is 14.1. The summed E-state index contributed by atoms with van der Waals surface area (Å²) in [4.78, 5) is 50.7. The summed E-state index contributed by atoms with van der Waals surface area (Å²) in [6.45, 7) is 7.55. The molecule has 0 aromatic rings. The standard InChI is InChI=1S/C20H37N3O7/c1-4-8-21(14-18(25)26)10-12-23(17(20(29)30)7-6-16(3)24)13-11-22(9-5-2)15-19(27)28/h17H,4-15H2,1-3H3,(H,25,26)(H,27,28)(H,29,30). The number of rotatable bonds is 19. The number of hydrogen-bond acceptors (Lipinski definition) is 7. The van der Waals surface area contributed by atoms with Crippen molar-refractivity contribution in [2.75, 3.05) is 52.4 Å². The van der Waals surface area contributed by atoms with E-state index in [0.717, 1.165) is 12.8 Å². The van der Waals surface area contributed by atoms with Crippen molar-refractivity contribution < 1.29 is 34.5 Å². The summed E-state index contributed by atoms with van der Waals surface area (Å²) in [5.41, 5.74) is 0. The molecule has 1 atom stereocenters. The molecule has 0 saturated heterocycles. The van der Waals surface area contributed by atoms with E-state index < -0.39 is 23.9 Å². The van der Waals surface area contributed by atoms with Crippen molar-refractivity contribution in [3.05, 3.63) is 0 Å². The molecule has 0 heterocycles. The van der Waals surface area contributed by atoms with E-state index in [1.165, 1.54) is 6.92 Å². The van der Waals surface area contributed by atoms with Gasteiger partial charge in [0, 0.05) is 32.6 Å². The molecule has 3 N–H and O–H groups in total. The maximum Gasteiger partial charge on any atom is 0.320 e. The molecular formula is C20H37N3O7. The van der Waals surface area contributed by atoms with Crippen molar-refractivity contribution >= 4 is 23.7 Å². The minimum absolute atomic E-state index is 0.0989. The molecule has 174 valence electrons. The van der Waals surface area contributed by atoms with Crippen LogP contribution in [0, 0.1) is 0 Å². The van der Waals surface area contributed by atoms with E-state index in [0.29, 0.717) is 39.3 Å². The molecule has 0 saturated carbocycles. The summed E-state index contributed by atoms with van der Waals surface area (Å²) in [7, 11) is 0. The minimum atomic E-state index is -1.04. The van der Waals surface area contributed by atoms with Gasteiger partial charge in [0.25, 0.3) is 0 Å². The van der Waals surface area contributed by atoms with Crippen LogP contribution in [0.2, 0.25) is 0 Å². The highest BCUT2D eigenvalue weighted by atomic mass is 16.4. The van der Waals surface area contributed by atoms with Gasteiger partial charge in [0.05, 0.1) is 13.1 Å². The van der Waals surface area contributed by atoms with E-state index in [2.05, 4.69) is 0 Å². The van der Waals surface area contributed by atoms with E-state index in [9.17, 15) is 24.3 Å². The Balaban J connectivity index is 5.32. The lowest BCUT2D eigenvalue weighted by atomic mass is 10.1. The molecule has 0 aliphatic rings. The van der Waals surface area contributed by atoms with E-state index in [1.54, 1.807) is 14.7 Å². The second kappa shape index (κ2) is 15.8. The highest BCUT2D eigenvalue weighted by molar-refractivity contribution is 5.78. The Morgan fingerprint density at radius 1 is 0.733 bits per heavy atom. The molecule has 10 heteroatoms. The fourth-order valence-electron chi connectivity index (χ4n) is 3.32. The molecular weight excluding hydrogens is 394 g/mol. The van der Waals surface area contributed by atoms with Gasteiger partial charge in [-0.3, -0.25) is 29.1 Å². The topological polar surface area (TPSA) is 139 Å². The molecule has 0 amide bonds. The summed E-state index contributed by atoms with van der Waals surface area (Å²) in [6, 6.07) is -0.893. The molecule has 0 aromatic carbocycles. The molecule has 10 nitrogen and oxygen atoms in total. The van der Waals surface area contributed by atoms with Gasteiger partial charge in [-0.1, -0.05) is 13.8 Å². The normalized spacial score (nSPS) is 12.5. The lowest BCUT2D eigenvalue weighted by Gasteiger charge is -2.33. The van der Waals surface area contributed by atoms with Gasteiger partial charge in [-0.2, -0.15) is 0 Å². The Morgan fingerprint density at radius 2 is 1.17 bits per heavy atom. The third-order valence-corrected chi connectivity index (χ3v) is 4.70. The molecule has 0 rings (SSSR count). The van der Waals surface area contributed by atoms with Crippen molar-refractivity contribution in [1.82, 2.24) is 14.7 Å². The molecule has 0 bridgehead atoms. The van der Waals surface area contributed by atoms with E-state index in [-0.39, 0.29) is 31.7 Å².